The quantitative estimate of drug-likeness (QED) is 0.611. The molecule has 15 heavy (non-hydrogen) atoms. The van der Waals surface area contributed by atoms with Crippen LogP contribution < -0.4 is 0 Å². The minimum Gasteiger partial charge on any atom is -0.299 e. The van der Waals surface area contributed by atoms with Crippen LogP contribution in [0, 0.1) is 34.5 Å². The third kappa shape index (κ3) is 1.07. The molecule has 4 aliphatic rings. The van der Waals surface area contributed by atoms with E-state index >= 15 is 0 Å². The fraction of sp³-hybridized carbons (Fsp3) is 0.692. The van der Waals surface area contributed by atoms with Crippen molar-refractivity contribution in [2.24, 2.45) is 23.2 Å². The minimum absolute atomic E-state index is 0.0131. The Morgan fingerprint density at radius 3 is 2.47 bits per heavy atom. The van der Waals surface area contributed by atoms with Gasteiger partial charge in [-0.2, -0.15) is 5.26 Å². The van der Waals surface area contributed by atoms with Crippen molar-refractivity contribution in [2.45, 2.75) is 32.1 Å². The normalized spacial score (nSPS) is 46.6. The Balaban J connectivity index is 1.99. The zero-order chi connectivity index (χ0) is 10.6. The first-order valence-corrected chi connectivity index (χ1v) is 5.78. The highest BCUT2D eigenvalue weighted by molar-refractivity contribution is 5.86. The van der Waals surface area contributed by atoms with Gasteiger partial charge >= 0.3 is 0 Å². The number of carbonyl (C=O) groups excluding carboxylic acids is 1. The van der Waals surface area contributed by atoms with Crippen molar-refractivity contribution in [3.05, 3.63) is 12.2 Å². The van der Waals surface area contributed by atoms with Crippen molar-refractivity contribution in [1.82, 2.24) is 0 Å². The molecular weight excluding hydrogens is 186 g/mol. The summed E-state index contributed by atoms with van der Waals surface area (Å²) in [6.45, 7) is 3.92. The smallest absolute Gasteiger partial charge is 0.139 e. The van der Waals surface area contributed by atoms with Gasteiger partial charge in [-0.05, 0) is 38.0 Å². The fourth-order valence-electron chi connectivity index (χ4n) is 4.24. The largest absolute Gasteiger partial charge is 0.299 e. The molecule has 0 saturated heterocycles. The average molecular weight is 201 g/mol. The Labute approximate surface area is 90.0 Å². The second-order valence-corrected chi connectivity index (χ2v) is 5.62. The molecular formula is C13H15NO. The Morgan fingerprint density at radius 1 is 1.33 bits per heavy atom. The van der Waals surface area contributed by atoms with E-state index in [4.69, 9.17) is 5.26 Å². The molecule has 4 fully saturated rings. The summed E-state index contributed by atoms with van der Waals surface area (Å²) in [5, 5.41) is 9.03. The van der Waals surface area contributed by atoms with Gasteiger partial charge in [-0.3, -0.25) is 4.79 Å². The van der Waals surface area contributed by atoms with Gasteiger partial charge in [-0.1, -0.05) is 6.58 Å². The third-order valence-electron chi connectivity index (χ3n) is 4.77. The molecule has 78 valence electrons. The first-order chi connectivity index (χ1) is 7.14. The lowest BCUT2D eigenvalue weighted by Crippen LogP contribution is -2.51. The van der Waals surface area contributed by atoms with Crippen LogP contribution in [0.25, 0.3) is 0 Å². The number of hydrogen-bond acceptors (Lipinski definition) is 2. The molecule has 0 spiro atoms. The molecule has 4 bridgehead atoms. The first kappa shape index (κ1) is 9.15. The minimum atomic E-state index is 0.0131. The lowest BCUT2D eigenvalue weighted by molar-refractivity contribution is -0.144. The Hall–Kier alpha value is -1.10. The van der Waals surface area contributed by atoms with Gasteiger partial charge in [-0.15, -0.1) is 0 Å². The predicted octanol–water partition coefficient (Wildman–Crippen LogP) is 2.46. The monoisotopic (exact) mass is 201 g/mol. The van der Waals surface area contributed by atoms with Crippen LogP contribution in [0.15, 0.2) is 12.2 Å². The maximum absolute atomic E-state index is 11.9. The van der Waals surface area contributed by atoms with Crippen LogP contribution >= 0.6 is 0 Å². The Morgan fingerprint density at radius 2 is 1.93 bits per heavy atom. The number of ketones is 1. The SMILES string of the molecule is C=C(C#N)C12CC3CC(C1)C(=O)C(C3)C2. The van der Waals surface area contributed by atoms with Crippen LogP contribution in [-0.4, -0.2) is 5.78 Å². The van der Waals surface area contributed by atoms with Crippen molar-refractivity contribution in [3.63, 3.8) is 0 Å². The predicted molar refractivity (Wildman–Crippen MR) is 55.7 cm³/mol. The van der Waals surface area contributed by atoms with E-state index in [0.29, 0.717) is 11.7 Å². The summed E-state index contributed by atoms with van der Waals surface area (Å²) in [6, 6.07) is 2.23. The van der Waals surface area contributed by atoms with E-state index in [2.05, 4.69) is 12.6 Å². The molecule has 0 aromatic rings. The molecule has 2 heteroatoms. The van der Waals surface area contributed by atoms with E-state index in [-0.39, 0.29) is 17.3 Å². The summed E-state index contributed by atoms with van der Waals surface area (Å²) < 4.78 is 0. The summed E-state index contributed by atoms with van der Waals surface area (Å²) in [5.41, 5.74) is 0.744. The van der Waals surface area contributed by atoms with Gasteiger partial charge in [0, 0.05) is 22.8 Å². The van der Waals surface area contributed by atoms with Crippen LogP contribution in [0.2, 0.25) is 0 Å². The highest BCUT2D eigenvalue weighted by Gasteiger charge is 2.56. The average Bonchev–Trinajstić information content (AvgIpc) is 2.23. The summed E-state index contributed by atoms with van der Waals surface area (Å²) in [7, 11) is 0. The van der Waals surface area contributed by atoms with E-state index in [1.54, 1.807) is 0 Å². The van der Waals surface area contributed by atoms with E-state index < -0.39 is 0 Å². The van der Waals surface area contributed by atoms with Crippen LogP contribution in [-0.2, 0) is 4.79 Å². The molecule has 0 aliphatic heterocycles. The molecule has 0 heterocycles. The lowest BCUT2D eigenvalue weighted by Gasteiger charge is -2.55. The second kappa shape index (κ2) is 2.72. The van der Waals surface area contributed by atoms with Crippen LogP contribution in [0.4, 0.5) is 0 Å². The Bertz CT molecular complexity index is 372. The van der Waals surface area contributed by atoms with Gasteiger partial charge in [0.2, 0.25) is 0 Å². The third-order valence-corrected chi connectivity index (χ3v) is 4.77. The number of nitrogens with zero attached hydrogens (tertiary/aromatic N) is 1. The van der Waals surface area contributed by atoms with E-state index in [1.807, 2.05) is 0 Å². The first-order valence-electron chi connectivity index (χ1n) is 5.78. The van der Waals surface area contributed by atoms with Crippen LogP contribution in [0.1, 0.15) is 32.1 Å². The molecule has 4 saturated carbocycles. The van der Waals surface area contributed by atoms with Crippen molar-refractivity contribution in [2.75, 3.05) is 0 Å². The van der Waals surface area contributed by atoms with E-state index in [0.717, 1.165) is 37.7 Å². The summed E-state index contributed by atoms with van der Waals surface area (Å²) in [6.07, 6.45) is 5.09. The summed E-state index contributed by atoms with van der Waals surface area (Å²) >= 11 is 0. The Kier molecular flexibility index (Phi) is 1.66. The molecule has 0 amide bonds. The maximum atomic E-state index is 11.9. The fourth-order valence-corrected chi connectivity index (χ4v) is 4.24. The van der Waals surface area contributed by atoms with Crippen molar-refractivity contribution in [1.29, 1.82) is 5.26 Å². The van der Waals surface area contributed by atoms with Gasteiger partial charge in [0.25, 0.3) is 0 Å². The van der Waals surface area contributed by atoms with Gasteiger partial charge in [0.05, 0.1) is 6.07 Å². The standard InChI is InChI=1S/C13H15NO/c1-8(7-14)13-4-9-2-10(5-13)12(15)11(3-9)6-13/h9-11H,1-6H2. The highest BCUT2D eigenvalue weighted by atomic mass is 16.1. The van der Waals surface area contributed by atoms with Crippen molar-refractivity contribution >= 4 is 5.78 Å². The van der Waals surface area contributed by atoms with Gasteiger partial charge < -0.3 is 0 Å². The second-order valence-electron chi connectivity index (χ2n) is 5.62. The van der Waals surface area contributed by atoms with E-state index in [1.165, 1.54) is 0 Å². The highest BCUT2D eigenvalue weighted by Crippen LogP contribution is 2.60. The molecule has 2 nitrogen and oxygen atoms in total. The number of Topliss-reactive ketones (excluding diaryl/α,β-unsaturated/α-hetero) is 1. The van der Waals surface area contributed by atoms with Gasteiger partial charge in [0.1, 0.15) is 5.78 Å². The molecule has 2 unspecified atom stereocenters. The van der Waals surface area contributed by atoms with Crippen LogP contribution in [0.5, 0.6) is 0 Å². The summed E-state index contributed by atoms with van der Waals surface area (Å²) in [5.74, 6) is 1.67. The topological polar surface area (TPSA) is 40.9 Å². The molecule has 0 aromatic carbocycles. The molecule has 4 aliphatic carbocycles. The van der Waals surface area contributed by atoms with Gasteiger partial charge in [-0.25, -0.2) is 0 Å². The maximum Gasteiger partial charge on any atom is 0.139 e. The summed E-state index contributed by atoms with van der Waals surface area (Å²) in [4.78, 5) is 11.9. The molecule has 0 radical (unpaired) electrons. The molecule has 2 atom stereocenters. The number of nitriles is 1. The van der Waals surface area contributed by atoms with E-state index in [9.17, 15) is 4.79 Å². The zero-order valence-corrected chi connectivity index (χ0v) is 8.83. The number of hydrogen-bond donors (Lipinski definition) is 0. The molecule has 0 aromatic heterocycles. The van der Waals surface area contributed by atoms with Crippen molar-refractivity contribution < 1.29 is 4.79 Å². The lowest BCUT2D eigenvalue weighted by atomic mass is 9.47. The molecule has 4 rings (SSSR count). The van der Waals surface area contributed by atoms with Crippen molar-refractivity contribution in [3.8, 4) is 6.07 Å². The van der Waals surface area contributed by atoms with Crippen LogP contribution in [0.3, 0.4) is 0 Å². The van der Waals surface area contributed by atoms with Gasteiger partial charge in [0.15, 0.2) is 0 Å². The molecule has 0 N–H and O–H groups in total. The number of allylic oxidation sites excluding steroid dienone is 1. The zero-order valence-electron chi connectivity index (χ0n) is 8.83. The number of carbonyl (C=O) groups is 1. The number of rotatable bonds is 1.